The molecule has 0 N–H and O–H groups in total. The van der Waals surface area contributed by atoms with E-state index in [0.717, 1.165) is 45.8 Å². The molecule has 2 aliphatic rings. The van der Waals surface area contributed by atoms with Crippen molar-refractivity contribution < 1.29 is 51.6 Å². The van der Waals surface area contributed by atoms with Crippen molar-refractivity contribution in [2.45, 2.75) is 0 Å². The van der Waals surface area contributed by atoms with Crippen molar-refractivity contribution in [1.82, 2.24) is 14.6 Å². The number of fused-ring (bicyclic) bond motifs is 2. The van der Waals surface area contributed by atoms with Gasteiger partial charge in [-0.2, -0.15) is 54.6 Å². The first-order valence-electron chi connectivity index (χ1n) is 20.4. The van der Waals surface area contributed by atoms with Gasteiger partial charge in [0.15, 0.2) is 11.5 Å². The number of aromatic nitrogens is 2. The molecular formula is C52H41N10O2Pt2-5. The fraction of sp³-hybridized carbons (Fsp3) is 0.0385. The molecule has 1 atom stereocenters. The topological polar surface area (TPSA) is 107 Å². The number of aliphatic imine (C=N–C) groups is 2. The van der Waals surface area contributed by atoms with Crippen LogP contribution in [0.4, 0.5) is 57.1 Å². The number of para-hydroxylation sites is 8. The Morgan fingerprint density at radius 3 is 1.64 bits per heavy atom. The molecule has 0 amide bonds. The first-order chi connectivity index (χ1) is 31.6. The number of ether oxygens (including phenoxy) is 2. The minimum atomic E-state index is 0. The van der Waals surface area contributed by atoms with Crippen LogP contribution in [-0.2, 0) is 42.1 Å². The smallest absolute Gasteiger partial charge is 0.230 e. The fourth-order valence-corrected chi connectivity index (χ4v) is 7.04. The Morgan fingerprint density at radius 2 is 1.08 bits per heavy atom. The van der Waals surface area contributed by atoms with Crippen molar-refractivity contribution in [3.8, 4) is 11.5 Å². The molecule has 0 spiro atoms. The molecule has 2 aromatic heterocycles. The van der Waals surface area contributed by atoms with Gasteiger partial charge in [0, 0.05) is 72.0 Å². The summed E-state index contributed by atoms with van der Waals surface area (Å²) in [6.07, 6.45) is 6.67. The molecule has 10 rings (SSSR count). The average Bonchev–Trinajstić information content (AvgIpc) is 3.91. The molecule has 12 nitrogen and oxygen atoms in total. The van der Waals surface area contributed by atoms with Gasteiger partial charge in [0.05, 0.1) is 12.7 Å². The first kappa shape index (κ1) is 46.9. The van der Waals surface area contributed by atoms with E-state index in [4.69, 9.17) is 14.5 Å². The molecule has 0 saturated carbocycles. The third-order valence-electron chi connectivity index (χ3n) is 10.1. The first-order valence-corrected chi connectivity index (χ1v) is 20.4. The average molecular weight is 1230 g/mol. The zero-order chi connectivity index (χ0) is 43.4. The van der Waals surface area contributed by atoms with Gasteiger partial charge in [-0.25, -0.2) is 9.97 Å². The van der Waals surface area contributed by atoms with Crippen LogP contribution >= 0.6 is 0 Å². The van der Waals surface area contributed by atoms with Crippen LogP contribution in [-0.4, -0.2) is 36.5 Å². The van der Waals surface area contributed by atoms with Crippen molar-refractivity contribution in [3.05, 3.63) is 230 Å². The van der Waals surface area contributed by atoms with Crippen LogP contribution in [0, 0.1) is 25.5 Å². The number of benzene rings is 6. The van der Waals surface area contributed by atoms with Crippen LogP contribution in [0.1, 0.15) is 0 Å². The summed E-state index contributed by atoms with van der Waals surface area (Å²) in [4.78, 5) is 22.2. The molecule has 6 aromatic carbocycles. The van der Waals surface area contributed by atoms with E-state index in [2.05, 4.69) is 85.1 Å². The molecular weight excluding hydrogens is 1190 g/mol. The maximum atomic E-state index is 5.82. The van der Waals surface area contributed by atoms with E-state index in [1.165, 1.54) is 12.7 Å². The van der Waals surface area contributed by atoms with E-state index in [-0.39, 0.29) is 48.9 Å². The number of pyridine rings is 2. The number of hydrogen-bond donors (Lipinski definition) is 0. The fourth-order valence-electron chi connectivity index (χ4n) is 7.04. The molecule has 0 bridgehead atoms. The number of rotatable bonds is 13. The molecule has 66 heavy (non-hydrogen) atoms. The zero-order valence-electron chi connectivity index (χ0n) is 35.4. The molecule has 14 heteroatoms. The monoisotopic (exact) mass is 1230 g/mol. The third kappa shape index (κ3) is 10.9. The Hall–Kier alpha value is -7.10. The standard InChI is InChI=1S/C27H22N4O2.C25H19N6.2Pt/c1-3-11-22(12-4-1)28-19-30-24-15-7-9-17-26(24)32-21-33-27-18-10-8-16-25(27)31-20-29-23-13-5-2-6-14-23;1-31(19-29(21-12-6-3-7-13-21)25-23(31)15-9-17-27-25)30-18-28(20-10-4-2-5-11-20)24-22(30)14-8-16-26-24;;/h1-20H,21H2;2-10,12,14-19H,1H3;;/q-2;-3;;. The van der Waals surface area contributed by atoms with E-state index in [1.807, 2.05) is 182 Å². The molecule has 0 radical (unpaired) electrons. The van der Waals surface area contributed by atoms with Gasteiger partial charge < -0.3 is 49.5 Å². The van der Waals surface area contributed by atoms with Gasteiger partial charge in [-0.15, -0.1) is 11.8 Å². The van der Waals surface area contributed by atoms with Crippen LogP contribution < -0.4 is 28.9 Å². The van der Waals surface area contributed by atoms with Gasteiger partial charge >= 0.3 is 0 Å². The van der Waals surface area contributed by atoms with Gasteiger partial charge in [0.2, 0.25) is 6.79 Å². The third-order valence-corrected chi connectivity index (χ3v) is 10.1. The van der Waals surface area contributed by atoms with Crippen LogP contribution in [0.25, 0.3) is 10.6 Å². The second-order valence-electron chi connectivity index (χ2n) is 14.3. The Labute approximate surface area is 414 Å². The molecule has 4 heterocycles. The minimum Gasteiger partial charge on any atom is -0.473 e. The van der Waals surface area contributed by atoms with Gasteiger partial charge in [-0.05, 0) is 48.4 Å². The summed E-state index contributed by atoms with van der Waals surface area (Å²) >= 11 is 0. The van der Waals surface area contributed by atoms with E-state index in [1.54, 1.807) is 0 Å². The number of anilines is 5. The van der Waals surface area contributed by atoms with Crippen molar-refractivity contribution in [2.24, 2.45) is 9.98 Å². The summed E-state index contributed by atoms with van der Waals surface area (Å²) in [5.41, 5.74) is 6.94. The second-order valence-corrected chi connectivity index (χ2v) is 14.3. The molecule has 0 fully saturated rings. The van der Waals surface area contributed by atoms with Crippen molar-refractivity contribution in [1.29, 1.82) is 0 Å². The second kappa shape index (κ2) is 22.7. The van der Waals surface area contributed by atoms with Gasteiger partial charge in [0.25, 0.3) is 0 Å². The van der Waals surface area contributed by atoms with Gasteiger partial charge in [-0.3, -0.25) is 0 Å². The maximum Gasteiger partial charge on any atom is 0.230 e. The molecule has 8 aromatic rings. The Bertz CT molecular complexity index is 2730. The Balaban J connectivity index is 0.000000191. The molecule has 336 valence electrons. The van der Waals surface area contributed by atoms with Crippen LogP contribution in [0.3, 0.4) is 0 Å². The molecule has 0 saturated heterocycles. The quantitative estimate of drug-likeness (QED) is 0.0372. The number of nitrogens with zero attached hydrogens (tertiary/aromatic N) is 10. The van der Waals surface area contributed by atoms with Crippen LogP contribution in [0.5, 0.6) is 11.5 Å². The Kier molecular flexibility index (Phi) is 16.1. The predicted octanol–water partition coefficient (Wildman–Crippen LogP) is 12.8. The minimum absolute atomic E-state index is 0. The summed E-state index contributed by atoms with van der Waals surface area (Å²) in [5, 5.41) is 11.0. The number of quaternary nitrogens is 1. The van der Waals surface area contributed by atoms with E-state index in [9.17, 15) is 0 Å². The van der Waals surface area contributed by atoms with Crippen LogP contribution in [0.2, 0.25) is 0 Å². The summed E-state index contributed by atoms with van der Waals surface area (Å²) < 4.78 is 12.0. The summed E-state index contributed by atoms with van der Waals surface area (Å²) in [5.74, 6) is 2.94. The maximum absolute atomic E-state index is 5.82. The Morgan fingerprint density at radius 1 is 0.576 bits per heavy atom. The van der Waals surface area contributed by atoms with Crippen molar-refractivity contribution in [3.63, 3.8) is 0 Å². The number of hydrogen-bond acceptors (Lipinski definition) is 9. The SMILES string of the molecule is C(=Nc1ccccc1)[N-]c1ccccc1OCOc1ccccc1[N-]C=Nc1ccccc1.C[N+]1(N2[CH-]N(c3[c-]cccc3)c3ncccc32)[CH-]N(c2[c-]cccc2)c2ncccc21.[Pt].[Pt]. The van der Waals surface area contributed by atoms with Crippen molar-refractivity contribution in [2.75, 3.05) is 28.6 Å². The zero-order valence-corrected chi connectivity index (χ0v) is 40.0. The van der Waals surface area contributed by atoms with E-state index < -0.39 is 0 Å². The van der Waals surface area contributed by atoms with E-state index >= 15 is 0 Å². The molecule has 1 unspecified atom stereocenters. The normalized spacial score (nSPS) is 14.6. The van der Waals surface area contributed by atoms with Crippen LogP contribution in [0.15, 0.2) is 204 Å². The predicted molar refractivity (Wildman–Crippen MR) is 256 cm³/mol. The summed E-state index contributed by atoms with van der Waals surface area (Å²) in [6.45, 7) is 4.23. The largest absolute Gasteiger partial charge is 0.473 e. The van der Waals surface area contributed by atoms with Gasteiger partial charge in [-0.1, -0.05) is 122 Å². The van der Waals surface area contributed by atoms with Gasteiger partial charge in [0.1, 0.15) is 17.3 Å². The summed E-state index contributed by atoms with van der Waals surface area (Å²) in [6, 6.07) is 64.8. The molecule has 2 aliphatic heterocycles. The summed E-state index contributed by atoms with van der Waals surface area (Å²) in [7, 11) is 2.15. The van der Waals surface area contributed by atoms with Crippen molar-refractivity contribution >= 4 is 69.8 Å². The molecule has 0 aliphatic carbocycles. The van der Waals surface area contributed by atoms with E-state index in [0.29, 0.717) is 27.5 Å².